The van der Waals surface area contributed by atoms with Crippen molar-refractivity contribution in [3.63, 3.8) is 0 Å². The summed E-state index contributed by atoms with van der Waals surface area (Å²) in [5, 5.41) is 6.59. The third kappa shape index (κ3) is 2.18. The monoisotopic (exact) mass is 233 g/mol. The van der Waals surface area contributed by atoms with Crippen molar-refractivity contribution in [1.82, 2.24) is 14.9 Å². The lowest BCUT2D eigenvalue weighted by Crippen LogP contribution is -2.65. The van der Waals surface area contributed by atoms with Crippen LogP contribution in [0, 0.1) is 0 Å². The zero-order valence-electron chi connectivity index (χ0n) is 9.12. The largest absolute Gasteiger partial charge is 0.317 e. The van der Waals surface area contributed by atoms with Crippen LogP contribution in [0.3, 0.4) is 0 Å². The molecule has 2 N–H and O–H groups in total. The lowest BCUT2D eigenvalue weighted by molar-refractivity contribution is 0.109. The Morgan fingerprint density at radius 2 is 1.80 bits per heavy atom. The summed E-state index contributed by atoms with van der Waals surface area (Å²) >= 11 is 0. The summed E-state index contributed by atoms with van der Waals surface area (Å²) in [5.41, 5.74) is -0.170. The van der Waals surface area contributed by atoms with Crippen LogP contribution in [0.5, 0.6) is 0 Å². The van der Waals surface area contributed by atoms with Crippen LogP contribution >= 0.6 is 0 Å². The van der Waals surface area contributed by atoms with Gasteiger partial charge >= 0.3 is 0 Å². The predicted molar refractivity (Wildman–Crippen MR) is 59.3 cm³/mol. The predicted octanol–water partition coefficient (Wildman–Crippen LogP) is -1.03. The molecule has 0 bridgehead atoms. The van der Waals surface area contributed by atoms with E-state index >= 15 is 0 Å². The van der Waals surface area contributed by atoms with Gasteiger partial charge in [0, 0.05) is 19.6 Å². The Hall–Kier alpha value is -0.170. The van der Waals surface area contributed by atoms with Gasteiger partial charge < -0.3 is 10.6 Å². The summed E-state index contributed by atoms with van der Waals surface area (Å²) in [7, 11) is -3.07. The molecule has 2 aliphatic heterocycles. The fraction of sp³-hybridized carbons (Fsp3) is 1.00. The summed E-state index contributed by atoms with van der Waals surface area (Å²) in [6, 6.07) is 0. The summed E-state index contributed by atoms with van der Waals surface area (Å²) < 4.78 is 25.2. The SMILES string of the molecule is CS(=O)(=O)N1CCNCC12CCNCC2. The second-order valence-electron chi connectivity index (χ2n) is 4.49. The number of piperazine rings is 1. The van der Waals surface area contributed by atoms with Crippen molar-refractivity contribution in [3.8, 4) is 0 Å². The van der Waals surface area contributed by atoms with E-state index < -0.39 is 10.0 Å². The van der Waals surface area contributed by atoms with Crippen LogP contribution in [0.4, 0.5) is 0 Å². The molecule has 0 amide bonds. The van der Waals surface area contributed by atoms with Gasteiger partial charge in [-0.2, -0.15) is 4.31 Å². The van der Waals surface area contributed by atoms with Crippen molar-refractivity contribution < 1.29 is 8.42 Å². The van der Waals surface area contributed by atoms with Crippen LogP contribution in [0.15, 0.2) is 0 Å². The van der Waals surface area contributed by atoms with Gasteiger partial charge in [0.25, 0.3) is 0 Å². The van der Waals surface area contributed by atoms with E-state index in [9.17, 15) is 8.42 Å². The van der Waals surface area contributed by atoms with Crippen LogP contribution in [0.2, 0.25) is 0 Å². The van der Waals surface area contributed by atoms with E-state index in [1.807, 2.05) is 0 Å². The molecular weight excluding hydrogens is 214 g/mol. The van der Waals surface area contributed by atoms with E-state index in [2.05, 4.69) is 10.6 Å². The molecule has 0 aromatic rings. The topological polar surface area (TPSA) is 61.4 Å². The first-order valence-corrected chi connectivity index (χ1v) is 7.29. The quantitative estimate of drug-likeness (QED) is 0.608. The first kappa shape index (κ1) is 11.3. The Morgan fingerprint density at radius 1 is 1.13 bits per heavy atom. The summed E-state index contributed by atoms with van der Waals surface area (Å²) in [6.45, 7) is 3.99. The number of hydrogen-bond donors (Lipinski definition) is 2. The molecule has 0 aromatic carbocycles. The average molecular weight is 233 g/mol. The normalized spacial score (nSPS) is 28.1. The van der Waals surface area contributed by atoms with Gasteiger partial charge in [-0.1, -0.05) is 0 Å². The Labute approximate surface area is 91.3 Å². The molecule has 2 fully saturated rings. The molecule has 0 unspecified atom stereocenters. The molecule has 2 heterocycles. The summed E-state index contributed by atoms with van der Waals surface area (Å²) in [4.78, 5) is 0. The standard InChI is InChI=1S/C9H19N3O2S/c1-15(13,14)12-7-6-11-8-9(12)2-4-10-5-3-9/h10-11H,2-8H2,1H3. The van der Waals surface area contributed by atoms with E-state index in [-0.39, 0.29) is 5.54 Å². The van der Waals surface area contributed by atoms with Crippen LogP contribution < -0.4 is 10.6 Å². The highest BCUT2D eigenvalue weighted by molar-refractivity contribution is 7.88. The van der Waals surface area contributed by atoms with E-state index in [0.29, 0.717) is 6.54 Å². The molecular formula is C9H19N3O2S. The number of nitrogens with zero attached hydrogens (tertiary/aromatic N) is 1. The van der Waals surface area contributed by atoms with Crippen LogP contribution in [0.25, 0.3) is 0 Å². The first-order chi connectivity index (χ1) is 7.05. The molecule has 15 heavy (non-hydrogen) atoms. The molecule has 0 atom stereocenters. The van der Waals surface area contributed by atoms with Gasteiger partial charge in [0.05, 0.1) is 11.8 Å². The van der Waals surface area contributed by atoms with Crippen molar-refractivity contribution in [2.24, 2.45) is 0 Å². The Balaban J connectivity index is 2.25. The Bertz CT molecular complexity index is 314. The molecule has 2 aliphatic rings. The second kappa shape index (κ2) is 4.01. The Morgan fingerprint density at radius 3 is 2.40 bits per heavy atom. The summed E-state index contributed by atoms with van der Waals surface area (Å²) in [5.74, 6) is 0. The van der Waals surface area contributed by atoms with Gasteiger partial charge in [-0.3, -0.25) is 0 Å². The Kier molecular flexibility index (Phi) is 3.03. The lowest BCUT2D eigenvalue weighted by Gasteiger charge is -2.48. The maximum Gasteiger partial charge on any atom is 0.211 e. The number of rotatable bonds is 1. The lowest BCUT2D eigenvalue weighted by atomic mass is 9.87. The molecule has 0 aromatic heterocycles. The van der Waals surface area contributed by atoms with Gasteiger partial charge in [0.15, 0.2) is 0 Å². The minimum atomic E-state index is -3.07. The highest BCUT2D eigenvalue weighted by atomic mass is 32.2. The third-order valence-corrected chi connectivity index (χ3v) is 4.78. The number of nitrogens with one attached hydrogen (secondary N) is 2. The average Bonchev–Trinajstić information content (AvgIpc) is 2.18. The minimum absolute atomic E-state index is 0.170. The molecule has 1 spiro atoms. The molecule has 2 saturated heterocycles. The zero-order valence-corrected chi connectivity index (χ0v) is 9.94. The molecule has 2 rings (SSSR count). The second-order valence-corrected chi connectivity index (χ2v) is 6.39. The number of piperidine rings is 1. The van der Waals surface area contributed by atoms with Crippen molar-refractivity contribution >= 4 is 10.0 Å². The van der Waals surface area contributed by atoms with Gasteiger partial charge in [-0.05, 0) is 25.9 Å². The van der Waals surface area contributed by atoms with E-state index in [1.165, 1.54) is 6.26 Å². The van der Waals surface area contributed by atoms with Gasteiger partial charge in [-0.25, -0.2) is 8.42 Å². The van der Waals surface area contributed by atoms with Crippen molar-refractivity contribution in [3.05, 3.63) is 0 Å². The number of hydrogen-bond acceptors (Lipinski definition) is 4. The summed E-state index contributed by atoms with van der Waals surface area (Å²) in [6.07, 6.45) is 3.14. The maximum atomic E-state index is 11.7. The highest BCUT2D eigenvalue weighted by Crippen LogP contribution is 2.29. The zero-order chi connectivity index (χ0) is 10.9. The highest BCUT2D eigenvalue weighted by Gasteiger charge is 2.43. The fourth-order valence-corrected chi connectivity index (χ4v) is 4.04. The molecule has 0 aliphatic carbocycles. The smallest absolute Gasteiger partial charge is 0.211 e. The van der Waals surface area contributed by atoms with E-state index in [1.54, 1.807) is 4.31 Å². The van der Waals surface area contributed by atoms with E-state index in [4.69, 9.17) is 0 Å². The first-order valence-electron chi connectivity index (χ1n) is 5.44. The molecule has 5 nitrogen and oxygen atoms in total. The molecule has 0 saturated carbocycles. The fourth-order valence-electron chi connectivity index (χ4n) is 2.66. The van der Waals surface area contributed by atoms with Gasteiger partial charge in [0.1, 0.15) is 0 Å². The van der Waals surface area contributed by atoms with Gasteiger partial charge in [0.2, 0.25) is 10.0 Å². The van der Waals surface area contributed by atoms with Gasteiger partial charge in [-0.15, -0.1) is 0 Å². The maximum absolute atomic E-state index is 11.7. The molecule has 6 heteroatoms. The van der Waals surface area contributed by atoms with E-state index in [0.717, 1.165) is 39.0 Å². The van der Waals surface area contributed by atoms with Crippen LogP contribution in [-0.2, 0) is 10.0 Å². The molecule has 88 valence electrons. The minimum Gasteiger partial charge on any atom is -0.317 e. The van der Waals surface area contributed by atoms with Crippen molar-refractivity contribution in [2.75, 3.05) is 39.0 Å². The number of sulfonamides is 1. The van der Waals surface area contributed by atoms with Crippen molar-refractivity contribution in [2.45, 2.75) is 18.4 Å². The third-order valence-electron chi connectivity index (χ3n) is 3.41. The van der Waals surface area contributed by atoms with Crippen molar-refractivity contribution in [1.29, 1.82) is 0 Å². The molecule has 0 radical (unpaired) electrons. The van der Waals surface area contributed by atoms with Crippen LogP contribution in [0.1, 0.15) is 12.8 Å². The van der Waals surface area contributed by atoms with Crippen LogP contribution in [-0.4, -0.2) is 57.2 Å².